The van der Waals surface area contributed by atoms with Gasteiger partial charge in [0.1, 0.15) is 0 Å². The van der Waals surface area contributed by atoms with E-state index in [1.54, 1.807) is 31.4 Å². The first-order chi connectivity index (χ1) is 11.3. The third-order valence-electron chi connectivity index (χ3n) is 4.29. The van der Waals surface area contributed by atoms with Crippen LogP contribution in [0.2, 0.25) is 0 Å². The van der Waals surface area contributed by atoms with Gasteiger partial charge in [0.15, 0.2) is 19.7 Å². The molecule has 1 aromatic rings. The Hall–Kier alpha value is -0.960. The molecule has 0 aliphatic carbocycles. The largest absolute Gasteiger partial charge is 0.385 e. The number of rotatable bonds is 8. The molecule has 0 radical (unpaired) electrons. The van der Waals surface area contributed by atoms with Gasteiger partial charge in [-0.2, -0.15) is 0 Å². The molecule has 1 aromatic carbocycles. The maximum atomic E-state index is 12.9. The van der Waals surface area contributed by atoms with Gasteiger partial charge in [-0.1, -0.05) is 19.1 Å². The Bertz CT molecular complexity index is 741. The highest BCUT2D eigenvalue weighted by atomic mass is 32.2. The number of sulfone groups is 2. The highest BCUT2D eigenvalue weighted by molar-refractivity contribution is 7.96. The van der Waals surface area contributed by atoms with Crippen molar-refractivity contribution in [1.29, 1.82) is 0 Å². The molecule has 136 valence electrons. The first-order valence-corrected chi connectivity index (χ1v) is 11.4. The molecule has 0 bridgehead atoms. The molecular weight excluding hydrogens is 350 g/mol. The van der Waals surface area contributed by atoms with Crippen molar-refractivity contribution in [2.45, 2.75) is 36.0 Å². The Labute approximate surface area is 144 Å². The lowest BCUT2D eigenvalue weighted by Gasteiger charge is -2.20. The number of hydrogen-bond donors (Lipinski definition) is 1. The SMILES string of the molecule is CCc1ccc(S(=O)(=O)[C@@H]2CS(=O)(=O)C[C@H]2NCCCOC)cc1. The zero-order valence-electron chi connectivity index (χ0n) is 14.1. The highest BCUT2D eigenvalue weighted by Gasteiger charge is 2.45. The van der Waals surface area contributed by atoms with Crippen molar-refractivity contribution in [1.82, 2.24) is 5.32 Å². The lowest BCUT2D eigenvalue weighted by Crippen LogP contribution is -2.43. The maximum absolute atomic E-state index is 12.9. The molecule has 0 unspecified atom stereocenters. The summed E-state index contributed by atoms with van der Waals surface area (Å²) >= 11 is 0. The molecule has 24 heavy (non-hydrogen) atoms. The van der Waals surface area contributed by atoms with Crippen LogP contribution in [-0.4, -0.2) is 59.9 Å². The number of ether oxygens (including phenoxy) is 1. The third-order valence-corrected chi connectivity index (χ3v) is 8.46. The second-order valence-electron chi connectivity index (χ2n) is 6.06. The Morgan fingerprint density at radius 3 is 2.46 bits per heavy atom. The molecule has 1 aliphatic rings. The number of benzene rings is 1. The third kappa shape index (κ3) is 4.56. The van der Waals surface area contributed by atoms with Crippen molar-refractivity contribution >= 4 is 19.7 Å². The molecule has 0 spiro atoms. The average Bonchev–Trinajstić information content (AvgIpc) is 2.87. The van der Waals surface area contributed by atoms with Crippen LogP contribution in [0.3, 0.4) is 0 Å². The lowest BCUT2D eigenvalue weighted by atomic mass is 10.2. The summed E-state index contributed by atoms with van der Waals surface area (Å²) in [5.74, 6) is -0.469. The Morgan fingerprint density at radius 2 is 1.88 bits per heavy atom. The summed E-state index contributed by atoms with van der Waals surface area (Å²) in [4.78, 5) is 0.186. The van der Waals surface area contributed by atoms with Crippen molar-refractivity contribution in [2.75, 3.05) is 31.8 Å². The first kappa shape index (κ1) is 19.4. The van der Waals surface area contributed by atoms with Gasteiger partial charge in [-0.15, -0.1) is 0 Å². The average molecular weight is 376 g/mol. The summed E-state index contributed by atoms with van der Waals surface area (Å²) in [7, 11) is -5.47. The van der Waals surface area contributed by atoms with E-state index in [1.165, 1.54) is 0 Å². The summed E-state index contributed by atoms with van der Waals surface area (Å²) < 4.78 is 54.7. The molecule has 1 N–H and O–H groups in total. The topological polar surface area (TPSA) is 89.5 Å². The van der Waals surface area contributed by atoms with Crippen molar-refractivity contribution in [3.8, 4) is 0 Å². The lowest BCUT2D eigenvalue weighted by molar-refractivity contribution is 0.193. The quantitative estimate of drug-likeness (QED) is 0.677. The minimum Gasteiger partial charge on any atom is -0.385 e. The molecule has 1 aliphatic heterocycles. The second kappa shape index (κ2) is 7.95. The van der Waals surface area contributed by atoms with Crippen molar-refractivity contribution < 1.29 is 21.6 Å². The molecule has 1 heterocycles. The molecule has 8 heteroatoms. The summed E-state index contributed by atoms with van der Waals surface area (Å²) in [6.45, 7) is 3.06. The van der Waals surface area contributed by atoms with Crippen LogP contribution in [0, 0.1) is 0 Å². The minimum atomic E-state index is -3.70. The van der Waals surface area contributed by atoms with Crippen molar-refractivity contribution in [2.24, 2.45) is 0 Å². The standard InChI is InChI=1S/C16H25NO5S2/c1-3-13-5-7-14(8-6-13)24(20,21)16-12-23(18,19)11-15(16)17-9-4-10-22-2/h5-8,15-17H,3-4,9-12H2,1-2H3/t15-,16-/m1/s1. The van der Waals surface area contributed by atoms with E-state index in [9.17, 15) is 16.8 Å². The fourth-order valence-electron chi connectivity index (χ4n) is 2.91. The molecular formula is C16H25NO5S2. The second-order valence-corrected chi connectivity index (χ2v) is 10.4. The minimum absolute atomic E-state index is 0.142. The van der Waals surface area contributed by atoms with Crippen molar-refractivity contribution in [3.05, 3.63) is 29.8 Å². The van der Waals surface area contributed by atoms with E-state index in [0.717, 1.165) is 12.0 Å². The fraction of sp³-hybridized carbons (Fsp3) is 0.625. The number of nitrogens with one attached hydrogen (secondary N) is 1. The zero-order valence-corrected chi connectivity index (χ0v) is 15.7. The molecule has 6 nitrogen and oxygen atoms in total. The van der Waals surface area contributed by atoms with Gasteiger partial charge in [-0.25, -0.2) is 16.8 Å². The van der Waals surface area contributed by atoms with E-state index in [4.69, 9.17) is 4.74 Å². The van der Waals surface area contributed by atoms with Crippen molar-refractivity contribution in [3.63, 3.8) is 0 Å². The number of hydrogen-bond acceptors (Lipinski definition) is 6. The Morgan fingerprint density at radius 1 is 1.21 bits per heavy atom. The summed E-state index contributed by atoms with van der Waals surface area (Å²) in [6, 6.07) is 6.11. The smallest absolute Gasteiger partial charge is 0.183 e. The highest BCUT2D eigenvalue weighted by Crippen LogP contribution is 2.26. The van der Waals surface area contributed by atoms with Crippen LogP contribution < -0.4 is 5.32 Å². The number of methoxy groups -OCH3 is 1. The fourth-order valence-corrected chi connectivity index (χ4v) is 7.62. The Kier molecular flexibility index (Phi) is 6.41. The normalized spacial score (nSPS) is 23.4. The van der Waals surface area contributed by atoms with Crippen LogP contribution >= 0.6 is 0 Å². The van der Waals surface area contributed by atoms with E-state index >= 15 is 0 Å². The van der Waals surface area contributed by atoms with Gasteiger partial charge >= 0.3 is 0 Å². The molecule has 2 atom stereocenters. The van der Waals surface area contributed by atoms with Crippen LogP contribution in [0.4, 0.5) is 0 Å². The predicted molar refractivity (Wildman–Crippen MR) is 93.7 cm³/mol. The van der Waals surface area contributed by atoms with Crippen LogP contribution in [-0.2, 0) is 30.8 Å². The molecule has 0 saturated carbocycles. The summed E-state index contributed by atoms with van der Waals surface area (Å²) in [5, 5.41) is 2.14. The van der Waals surface area contributed by atoms with Gasteiger partial charge in [0, 0.05) is 19.8 Å². The van der Waals surface area contributed by atoms with Gasteiger partial charge in [0.2, 0.25) is 0 Å². The summed E-state index contributed by atoms with van der Waals surface area (Å²) in [5.41, 5.74) is 1.04. The zero-order chi connectivity index (χ0) is 17.8. The van der Waals surface area contributed by atoms with Gasteiger partial charge in [0.05, 0.1) is 21.7 Å². The monoisotopic (exact) mass is 375 g/mol. The molecule has 0 aromatic heterocycles. The van der Waals surface area contributed by atoms with Crippen LogP contribution in [0.15, 0.2) is 29.2 Å². The maximum Gasteiger partial charge on any atom is 0.183 e. The molecule has 2 rings (SSSR count). The Balaban J connectivity index is 2.20. The van der Waals surface area contributed by atoms with Gasteiger partial charge in [-0.3, -0.25) is 0 Å². The van der Waals surface area contributed by atoms with Gasteiger partial charge < -0.3 is 10.1 Å². The number of aryl methyl sites for hydroxylation is 1. The van der Waals surface area contributed by atoms with E-state index in [0.29, 0.717) is 19.6 Å². The van der Waals surface area contributed by atoms with E-state index in [2.05, 4.69) is 5.32 Å². The van der Waals surface area contributed by atoms with E-state index in [1.807, 2.05) is 6.92 Å². The molecule has 1 fully saturated rings. The summed E-state index contributed by atoms with van der Waals surface area (Å²) in [6.07, 6.45) is 1.52. The van der Waals surface area contributed by atoms with Crippen LogP contribution in [0.5, 0.6) is 0 Å². The first-order valence-electron chi connectivity index (χ1n) is 8.05. The van der Waals surface area contributed by atoms with Crippen LogP contribution in [0.1, 0.15) is 18.9 Å². The molecule has 0 amide bonds. The molecule has 1 saturated heterocycles. The van der Waals surface area contributed by atoms with Gasteiger partial charge in [-0.05, 0) is 37.1 Å². The van der Waals surface area contributed by atoms with E-state index < -0.39 is 31.0 Å². The van der Waals surface area contributed by atoms with Gasteiger partial charge in [0.25, 0.3) is 0 Å². The van der Waals surface area contributed by atoms with E-state index in [-0.39, 0.29) is 16.4 Å². The van der Waals surface area contributed by atoms with Crippen LogP contribution in [0.25, 0.3) is 0 Å². The predicted octanol–water partition coefficient (Wildman–Crippen LogP) is 0.814.